The molecule has 2 N–H and O–H groups in total. The average molecular weight is 478 g/mol. The molecule has 0 amide bonds. The Labute approximate surface area is 172 Å². The summed E-state index contributed by atoms with van der Waals surface area (Å²) in [5.41, 5.74) is 1.21. The first-order valence-corrected chi connectivity index (χ1v) is 10.0. The molecule has 7 heteroatoms. The number of aliphatic imine (C=N–C) groups is 1. The number of nitrogens with zero attached hydrogens (tertiary/aromatic N) is 2. The van der Waals surface area contributed by atoms with Crippen molar-refractivity contribution in [1.29, 1.82) is 0 Å². The molecule has 0 spiro atoms. The predicted molar refractivity (Wildman–Crippen MR) is 115 cm³/mol. The highest BCUT2D eigenvalue weighted by atomic mass is 127. The van der Waals surface area contributed by atoms with Gasteiger partial charge in [0.1, 0.15) is 0 Å². The number of fused-ring (bicyclic) bond motifs is 1. The van der Waals surface area contributed by atoms with Crippen LogP contribution in [0.25, 0.3) is 0 Å². The molecule has 142 valence electrons. The number of guanidine groups is 1. The van der Waals surface area contributed by atoms with Gasteiger partial charge in [0.05, 0.1) is 23.4 Å². The van der Waals surface area contributed by atoms with E-state index in [1.54, 1.807) is 11.3 Å². The van der Waals surface area contributed by atoms with Crippen LogP contribution in [-0.2, 0) is 17.7 Å². The number of thiazole rings is 1. The summed E-state index contributed by atoms with van der Waals surface area (Å²) >= 11 is 1.72. The molecule has 1 aromatic rings. The van der Waals surface area contributed by atoms with Crippen molar-refractivity contribution in [1.82, 2.24) is 15.6 Å². The van der Waals surface area contributed by atoms with E-state index in [-0.39, 0.29) is 29.4 Å². The molecule has 1 aliphatic heterocycles. The molecule has 2 heterocycles. The molecule has 1 aromatic heterocycles. The molecule has 3 unspecified atom stereocenters. The Morgan fingerprint density at radius 3 is 2.92 bits per heavy atom. The van der Waals surface area contributed by atoms with Crippen LogP contribution in [0.2, 0.25) is 0 Å². The number of hydrogen-bond donors (Lipinski definition) is 2. The Hall–Kier alpha value is -0.410. The minimum Gasteiger partial charge on any atom is -0.377 e. The number of halogens is 1. The molecule has 3 atom stereocenters. The molecule has 0 radical (unpaired) electrons. The summed E-state index contributed by atoms with van der Waals surface area (Å²) < 4.78 is 6.00. The van der Waals surface area contributed by atoms with Crippen LogP contribution in [-0.4, -0.2) is 36.2 Å². The monoisotopic (exact) mass is 478 g/mol. The topological polar surface area (TPSA) is 58.5 Å². The first-order chi connectivity index (χ1) is 11.6. The second-order valence-corrected chi connectivity index (χ2v) is 8.26. The van der Waals surface area contributed by atoms with Gasteiger partial charge in [-0.1, -0.05) is 20.8 Å². The van der Waals surface area contributed by atoms with Crippen molar-refractivity contribution >= 4 is 41.3 Å². The molecule has 5 nitrogen and oxygen atoms in total. The van der Waals surface area contributed by atoms with E-state index >= 15 is 0 Å². The Kier molecular flexibility index (Phi) is 7.52. The number of ether oxygens (including phenoxy) is 1. The van der Waals surface area contributed by atoms with Gasteiger partial charge in [-0.25, -0.2) is 9.98 Å². The third kappa shape index (κ3) is 4.47. The highest BCUT2D eigenvalue weighted by Gasteiger charge is 2.58. The molecule has 0 aromatic carbocycles. The van der Waals surface area contributed by atoms with E-state index in [4.69, 9.17) is 9.73 Å². The number of rotatable bonds is 5. The molecule has 25 heavy (non-hydrogen) atoms. The summed E-state index contributed by atoms with van der Waals surface area (Å²) in [6.07, 6.45) is 3.79. The molecular weight excluding hydrogens is 447 g/mol. The minimum atomic E-state index is 0. The van der Waals surface area contributed by atoms with Crippen LogP contribution in [0.4, 0.5) is 0 Å². The van der Waals surface area contributed by atoms with Gasteiger partial charge in [-0.05, 0) is 26.2 Å². The smallest absolute Gasteiger partial charge is 0.191 e. The fourth-order valence-corrected chi connectivity index (χ4v) is 4.76. The number of nitrogens with one attached hydrogen (secondary N) is 2. The molecule has 3 rings (SSSR count). The van der Waals surface area contributed by atoms with Gasteiger partial charge in [0.2, 0.25) is 0 Å². The van der Waals surface area contributed by atoms with E-state index in [2.05, 4.69) is 48.7 Å². The van der Waals surface area contributed by atoms with Crippen molar-refractivity contribution in [3.8, 4) is 0 Å². The first kappa shape index (κ1) is 20.9. The van der Waals surface area contributed by atoms with Gasteiger partial charge in [-0.15, -0.1) is 35.3 Å². The number of hydrogen-bond acceptors (Lipinski definition) is 4. The van der Waals surface area contributed by atoms with Gasteiger partial charge >= 0.3 is 0 Å². The lowest BCUT2D eigenvalue weighted by Gasteiger charge is -2.60. The zero-order chi connectivity index (χ0) is 17.2. The van der Waals surface area contributed by atoms with Crippen molar-refractivity contribution < 1.29 is 4.74 Å². The van der Waals surface area contributed by atoms with Crippen molar-refractivity contribution in [2.45, 2.75) is 65.6 Å². The van der Waals surface area contributed by atoms with E-state index < -0.39 is 0 Å². The summed E-state index contributed by atoms with van der Waals surface area (Å²) in [5, 5.41) is 10.3. The van der Waals surface area contributed by atoms with Gasteiger partial charge in [-0.2, -0.15) is 0 Å². The maximum atomic E-state index is 6.00. The zero-order valence-corrected chi connectivity index (χ0v) is 18.8. The van der Waals surface area contributed by atoms with Crippen LogP contribution in [0.15, 0.2) is 10.4 Å². The van der Waals surface area contributed by atoms with E-state index in [1.165, 1.54) is 17.8 Å². The van der Waals surface area contributed by atoms with Crippen molar-refractivity contribution in [2.75, 3.05) is 13.2 Å². The normalized spacial score (nSPS) is 27.7. The third-order valence-corrected chi connectivity index (χ3v) is 6.31. The molecular formula is C18H31IN4OS. The summed E-state index contributed by atoms with van der Waals surface area (Å²) in [6, 6.07) is 0.419. The van der Waals surface area contributed by atoms with Gasteiger partial charge < -0.3 is 15.4 Å². The maximum absolute atomic E-state index is 6.00. The maximum Gasteiger partial charge on any atom is 0.191 e. The first-order valence-electron chi connectivity index (χ1n) is 9.16. The summed E-state index contributed by atoms with van der Waals surface area (Å²) in [7, 11) is 0. The van der Waals surface area contributed by atoms with E-state index in [0.29, 0.717) is 24.6 Å². The van der Waals surface area contributed by atoms with Crippen molar-refractivity contribution in [3.05, 3.63) is 16.1 Å². The van der Waals surface area contributed by atoms with Gasteiger partial charge in [0, 0.05) is 35.9 Å². The molecule has 1 aliphatic carbocycles. The van der Waals surface area contributed by atoms with E-state index in [0.717, 1.165) is 31.2 Å². The van der Waals surface area contributed by atoms with Crippen molar-refractivity contribution in [3.63, 3.8) is 0 Å². The minimum absolute atomic E-state index is 0. The van der Waals surface area contributed by atoms with E-state index in [1.807, 2.05) is 0 Å². The Morgan fingerprint density at radius 2 is 2.24 bits per heavy atom. The zero-order valence-electron chi connectivity index (χ0n) is 15.7. The Morgan fingerprint density at radius 1 is 1.44 bits per heavy atom. The largest absolute Gasteiger partial charge is 0.377 e. The molecule has 2 aliphatic rings. The molecule has 2 fully saturated rings. The fourth-order valence-electron chi connectivity index (χ4n) is 4.03. The lowest BCUT2D eigenvalue weighted by atomic mass is 9.55. The molecule has 0 bridgehead atoms. The van der Waals surface area contributed by atoms with Crippen LogP contribution in [0, 0.1) is 11.3 Å². The van der Waals surface area contributed by atoms with Crippen LogP contribution in [0.3, 0.4) is 0 Å². The quantitative estimate of drug-likeness (QED) is 0.386. The number of aryl methyl sites for hydroxylation is 1. The second-order valence-electron chi connectivity index (χ2n) is 7.32. The Bertz CT molecular complexity index is 589. The molecule has 1 saturated heterocycles. The van der Waals surface area contributed by atoms with Gasteiger partial charge in [-0.3, -0.25) is 0 Å². The van der Waals surface area contributed by atoms with E-state index in [9.17, 15) is 0 Å². The summed E-state index contributed by atoms with van der Waals surface area (Å²) in [4.78, 5) is 9.36. The standard InChI is InChI=1S/C18H30N4OS.HI/c1-5-14-21-12(11-24-14)10-20-17(19-6-2)22-15-13-8-7-9-23-16(13)18(15,3)4;/h11,13,15-16H,5-10H2,1-4H3,(H2,19,20,22);1H. The molecule has 1 saturated carbocycles. The van der Waals surface area contributed by atoms with Crippen LogP contribution < -0.4 is 10.6 Å². The third-order valence-electron chi connectivity index (χ3n) is 5.27. The summed E-state index contributed by atoms with van der Waals surface area (Å²) in [5.74, 6) is 1.49. The average Bonchev–Trinajstić information content (AvgIpc) is 3.05. The van der Waals surface area contributed by atoms with Crippen LogP contribution >= 0.6 is 35.3 Å². The van der Waals surface area contributed by atoms with Gasteiger partial charge in [0.15, 0.2) is 5.96 Å². The lowest BCUT2D eigenvalue weighted by Crippen LogP contribution is -2.71. The highest BCUT2D eigenvalue weighted by Crippen LogP contribution is 2.51. The number of aromatic nitrogens is 1. The second kappa shape index (κ2) is 8.99. The van der Waals surface area contributed by atoms with Crippen LogP contribution in [0.1, 0.15) is 51.2 Å². The fraction of sp³-hybridized carbons (Fsp3) is 0.778. The van der Waals surface area contributed by atoms with Gasteiger partial charge in [0.25, 0.3) is 0 Å². The SMILES string of the molecule is CCNC(=NCc1csc(CC)n1)NC1C2CCCOC2C1(C)C.I. The summed E-state index contributed by atoms with van der Waals surface area (Å²) in [6.45, 7) is 11.2. The highest BCUT2D eigenvalue weighted by molar-refractivity contribution is 14.0. The van der Waals surface area contributed by atoms with Crippen molar-refractivity contribution in [2.24, 2.45) is 16.3 Å². The predicted octanol–water partition coefficient (Wildman–Crippen LogP) is 3.58. The van der Waals surface area contributed by atoms with Crippen LogP contribution in [0.5, 0.6) is 0 Å². The lowest BCUT2D eigenvalue weighted by molar-refractivity contribution is -0.188. The Balaban J connectivity index is 0.00000225.